The molecule has 208 valence electrons. The van der Waals surface area contributed by atoms with Gasteiger partial charge in [0.2, 0.25) is 24.0 Å². The highest BCUT2D eigenvalue weighted by Gasteiger charge is 2.43. The summed E-state index contributed by atoms with van der Waals surface area (Å²) in [7, 11) is 0. The van der Waals surface area contributed by atoms with Crippen LogP contribution in [0.4, 0.5) is 0 Å². The molecule has 1 aromatic heterocycles. The summed E-state index contributed by atoms with van der Waals surface area (Å²) in [6.07, 6.45) is 5.17. The van der Waals surface area contributed by atoms with Gasteiger partial charge in [-0.2, -0.15) is 4.98 Å². The van der Waals surface area contributed by atoms with E-state index in [0.717, 1.165) is 50.0 Å². The van der Waals surface area contributed by atoms with Crippen molar-refractivity contribution < 1.29 is 18.9 Å². The van der Waals surface area contributed by atoms with Crippen LogP contribution in [-0.2, 0) is 22.7 Å². The standard InChI is InChI=1S/C31H35N5O4/c1-3-31(4-2)18-35(16-20-5-7-21(8-6-20)28-32-19-40-34-28)14-13-25(31)22-9-10-24-23(15-22)17-36(30(24)39)26-11-12-27(37)33-29(26)38/h5-10,15,19,25-26H,3-4,11-14,16-18H2,1-2H3,(H,33,37,38). The fourth-order valence-electron chi connectivity index (χ4n) is 7.00. The number of piperidine rings is 2. The van der Waals surface area contributed by atoms with Crippen molar-refractivity contribution >= 4 is 17.7 Å². The van der Waals surface area contributed by atoms with Gasteiger partial charge in [-0.05, 0) is 66.3 Å². The molecule has 3 amide bonds. The van der Waals surface area contributed by atoms with E-state index >= 15 is 0 Å². The molecule has 3 aliphatic rings. The fraction of sp³-hybridized carbons (Fsp3) is 0.452. The van der Waals surface area contributed by atoms with Crippen LogP contribution in [-0.4, -0.2) is 56.8 Å². The van der Waals surface area contributed by atoms with E-state index in [9.17, 15) is 14.4 Å². The van der Waals surface area contributed by atoms with Crippen LogP contribution in [0.25, 0.3) is 11.4 Å². The number of imide groups is 1. The van der Waals surface area contributed by atoms with E-state index in [2.05, 4.69) is 58.5 Å². The molecule has 0 spiro atoms. The van der Waals surface area contributed by atoms with E-state index in [-0.39, 0.29) is 29.6 Å². The van der Waals surface area contributed by atoms with E-state index < -0.39 is 6.04 Å². The Kier molecular flexibility index (Phi) is 7.00. The predicted octanol–water partition coefficient (Wildman–Crippen LogP) is 4.29. The Morgan fingerprint density at radius 3 is 2.55 bits per heavy atom. The highest BCUT2D eigenvalue weighted by Crippen LogP contribution is 2.48. The van der Waals surface area contributed by atoms with Crippen LogP contribution in [0.2, 0.25) is 0 Å². The summed E-state index contributed by atoms with van der Waals surface area (Å²) in [5, 5.41) is 6.31. The number of carbonyl (C=O) groups excluding carboxylic acids is 3. The van der Waals surface area contributed by atoms with Crippen LogP contribution in [0.5, 0.6) is 0 Å². The number of likely N-dealkylation sites (tertiary alicyclic amines) is 1. The van der Waals surface area contributed by atoms with E-state index in [0.29, 0.717) is 30.3 Å². The third-order valence-corrected chi connectivity index (χ3v) is 9.35. The lowest BCUT2D eigenvalue weighted by Gasteiger charge is -2.48. The number of fused-ring (bicyclic) bond motifs is 1. The first-order valence-corrected chi connectivity index (χ1v) is 14.3. The van der Waals surface area contributed by atoms with Gasteiger partial charge in [-0.1, -0.05) is 55.4 Å². The molecular weight excluding hydrogens is 506 g/mol. The Labute approximate surface area is 233 Å². The average Bonchev–Trinajstić information content (AvgIpc) is 3.62. The molecule has 9 nitrogen and oxygen atoms in total. The molecule has 1 N–H and O–H groups in total. The molecule has 0 aliphatic carbocycles. The highest BCUT2D eigenvalue weighted by atomic mass is 16.5. The molecule has 3 aliphatic heterocycles. The SMILES string of the molecule is CCC1(CC)CN(Cc2ccc(-c3ncon3)cc2)CCC1c1ccc2c(c1)CN(C1CCC(=O)NC1=O)C2=O. The van der Waals surface area contributed by atoms with Crippen molar-refractivity contribution in [1.82, 2.24) is 25.3 Å². The molecule has 2 atom stereocenters. The fourth-order valence-corrected chi connectivity index (χ4v) is 7.00. The number of rotatable bonds is 7. The summed E-state index contributed by atoms with van der Waals surface area (Å²) < 4.78 is 4.87. The lowest BCUT2D eigenvalue weighted by atomic mass is 9.64. The molecule has 2 fully saturated rings. The zero-order valence-electron chi connectivity index (χ0n) is 23.1. The van der Waals surface area contributed by atoms with E-state index in [1.54, 1.807) is 4.90 Å². The van der Waals surface area contributed by atoms with Gasteiger partial charge in [0, 0.05) is 37.2 Å². The largest absolute Gasteiger partial charge is 0.342 e. The van der Waals surface area contributed by atoms with Crippen molar-refractivity contribution in [1.29, 1.82) is 0 Å². The van der Waals surface area contributed by atoms with Crippen molar-refractivity contribution in [3.63, 3.8) is 0 Å². The molecule has 0 bridgehead atoms. The summed E-state index contributed by atoms with van der Waals surface area (Å²) in [5.41, 5.74) is 5.27. The molecule has 0 radical (unpaired) electrons. The first kappa shape index (κ1) is 26.4. The lowest BCUT2D eigenvalue weighted by Crippen LogP contribution is -2.52. The topological polar surface area (TPSA) is 109 Å². The maximum atomic E-state index is 13.2. The number of carbonyl (C=O) groups is 3. The number of hydrogen-bond acceptors (Lipinski definition) is 7. The predicted molar refractivity (Wildman–Crippen MR) is 148 cm³/mol. The Bertz CT molecular complexity index is 1410. The number of hydrogen-bond donors (Lipinski definition) is 1. The highest BCUT2D eigenvalue weighted by molar-refractivity contribution is 6.05. The zero-order chi connectivity index (χ0) is 27.9. The second-order valence-electron chi connectivity index (χ2n) is 11.4. The van der Waals surface area contributed by atoms with Crippen LogP contribution < -0.4 is 5.32 Å². The van der Waals surface area contributed by atoms with Crippen molar-refractivity contribution in [2.45, 2.75) is 71.0 Å². The second kappa shape index (κ2) is 10.6. The van der Waals surface area contributed by atoms with Crippen LogP contribution >= 0.6 is 0 Å². The quantitative estimate of drug-likeness (QED) is 0.445. The molecular formula is C31H35N5O4. The van der Waals surface area contributed by atoms with Crippen LogP contribution in [0, 0.1) is 5.41 Å². The number of nitrogens with one attached hydrogen (secondary N) is 1. The Morgan fingerprint density at radius 1 is 1.05 bits per heavy atom. The first-order chi connectivity index (χ1) is 19.4. The van der Waals surface area contributed by atoms with Gasteiger partial charge in [-0.25, -0.2) is 0 Å². The number of nitrogens with zero attached hydrogens (tertiary/aromatic N) is 4. The smallest absolute Gasteiger partial charge is 0.255 e. The maximum absolute atomic E-state index is 13.2. The van der Waals surface area contributed by atoms with Gasteiger partial charge < -0.3 is 9.42 Å². The van der Waals surface area contributed by atoms with Crippen molar-refractivity contribution in [3.8, 4) is 11.4 Å². The van der Waals surface area contributed by atoms with Gasteiger partial charge in [0.05, 0.1) is 0 Å². The van der Waals surface area contributed by atoms with Crippen LogP contribution in [0.1, 0.15) is 78.9 Å². The van der Waals surface area contributed by atoms with E-state index in [1.807, 2.05) is 18.2 Å². The number of aromatic nitrogens is 2. The number of amides is 3. The Morgan fingerprint density at radius 2 is 1.85 bits per heavy atom. The van der Waals surface area contributed by atoms with Crippen LogP contribution in [0.3, 0.4) is 0 Å². The first-order valence-electron chi connectivity index (χ1n) is 14.3. The Hall–Kier alpha value is -3.85. The molecule has 4 heterocycles. The maximum Gasteiger partial charge on any atom is 0.255 e. The third kappa shape index (κ3) is 4.72. The van der Waals surface area contributed by atoms with Gasteiger partial charge in [0.25, 0.3) is 5.91 Å². The second-order valence-corrected chi connectivity index (χ2v) is 11.4. The minimum atomic E-state index is -0.587. The zero-order valence-corrected chi connectivity index (χ0v) is 23.1. The van der Waals surface area contributed by atoms with E-state index in [4.69, 9.17) is 4.52 Å². The molecule has 2 saturated heterocycles. The summed E-state index contributed by atoms with van der Waals surface area (Å²) in [5.74, 6) is 0.235. The van der Waals surface area contributed by atoms with Crippen LogP contribution in [0.15, 0.2) is 53.4 Å². The normalized spacial score (nSPS) is 22.9. The Balaban J connectivity index is 1.17. The van der Waals surface area contributed by atoms with Crippen molar-refractivity contribution in [2.24, 2.45) is 5.41 Å². The van der Waals surface area contributed by atoms with Gasteiger partial charge in [-0.15, -0.1) is 0 Å². The molecule has 0 saturated carbocycles. The molecule has 3 aromatic rings. The van der Waals surface area contributed by atoms with Crippen molar-refractivity contribution in [3.05, 3.63) is 71.1 Å². The minimum Gasteiger partial charge on any atom is -0.342 e. The van der Waals surface area contributed by atoms with Crippen molar-refractivity contribution in [2.75, 3.05) is 13.1 Å². The molecule has 6 rings (SSSR count). The summed E-state index contributed by atoms with van der Waals surface area (Å²) in [6, 6.07) is 14.1. The summed E-state index contributed by atoms with van der Waals surface area (Å²) in [4.78, 5) is 45.6. The monoisotopic (exact) mass is 541 g/mol. The molecule has 40 heavy (non-hydrogen) atoms. The number of benzene rings is 2. The molecule has 2 unspecified atom stereocenters. The summed E-state index contributed by atoms with van der Waals surface area (Å²) in [6.45, 7) is 7.90. The lowest BCUT2D eigenvalue weighted by molar-refractivity contribution is -0.136. The third-order valence-electron chi connectivity index (χ3n) is 9.35. The van der Waals surface area contributed by atoms with Gasteiger partial charge in [-0.3, -0.25) is 24.6 Å². The summed E-state index contributed by atoms with van der Waals surface area (Å²) >= 11 is 0. The van der Waals surface area contributed by atoms with Gasteiger partial charge in [0.1, 0.15) is 6.04 Å². The van der Waals surface area contributed by atoms with E-state index in [1.165, 1.54) is 17.5 Å². The van der Waals surface area contributed by atoms with Gasteiger partial charge in [0.15, 0.2) is 0 Å². The molecule has 2 aromatic carbocycles. The van der Waals surface area contributed by atoms with Gasteiger partial charge >= 0.3 is 0 Å². The molecule has 9 heteroatoms. The minimum absolute atomic E-state index is 0.117. The average molecular weight is 542 g/mol.